The summed E-state index contributed by atoms with van der Waals surface area (Å²) >= 11 is 9.31. The summed E-state index contributed by atoms with van der Waals surface area (Å²) in [6, 6.07) is 9.17. The van der Waals surface area contributed by atoms with Gasteiger partial charge in [0, 0.05) is 31.9 Å². The van der Waals surface area contributed by atoms with Crippen molar-refractivity contribution in [2.75, 3.05) is 0 Å². The predicted molar refractivity (Wildman–Crippen MR) is 65.7 cm³/mol. The Morgan fingerprint density at radius 3 is 2.21 bits per heavy atom. The van der Waals surface area contributed by atoms with Crippen LogP contribution in [-0.2, 0) is 0 Å². The van der Waals surface area contributed by atoms with Crippen LogP contribution in [0.25, 0.3) is 0 Å². The van der Waals surface area contributed by atoms with Crippen molar-refractivity contribution in [2.24, 2.45) is 0 Å². The van der Waals surface area contributed by atoms with Crippen LogP contribution < -0.4 is 0 Å². The molecular weight excluding hydrogens is 382 g/mol. The molecule has 14 heavy (non-hydrogen) atoms. The number of rotatable bonds is 3. The highest BCUT2D eigenvalue weighted by atomic mass is 79.9. The van der Waals surface area contributed by atoms with Crippen molar-refractivity contribution in [3.8, 4) is 0 Å². The van der Waals surface area contributed by atoms with Crippen molar-refractivity contribution >= 4 is 47.8 Å². The molecule has 0 fully saturated rings. The van der Waals surface area contributed by atoms with E-state index in [2.05, 4.69) is 47.8 Å². The normalized spacial score (nSPS) is 13.6. The van der Waals surface area contributed by atoms with Gasteiger partial charge in [0.25, 0.3) is 0 Å². The summed E-state index contributed by atoms with van der Waals surface area (Å²) in [5, 5.41) is 10.7. The maximum Gasteiger partial charge on any atom is 0.343 e. The molecule has 0 aromatic heterocycles. The molecule has 0 heterocycles. The van der Waals surface area contributed by atoms with E-state index in [1.165, 1.54) is 0 Å². The first-order valence-corrected chi connectivity index (χ1v) is 6.17. The molecule has 1 aromatic rings. The molecule has 0 spiro atoms. The molecule has 0 aliphatic heterocycles. The van der Waals surface area contributed by atoms with Crippen LogP contribution in [-0.4, -0.2) is 8.28 Å². The van der Waals surface area contributed by atoms with Crippen LogP contribution in [0.4, 0.5) is 0 Å². The third kappa shape index (κ3) is 2.55. The van der Waals surface area contributed by atoms with E-state index < -0.39 is 13.1 Å². The fourth-order valence-electron chi connectivity index (χ4n) is 0.915. The third-order valence-corrected chi connectivity index (χ3v) is 5.56. The lowest BCUT2D eigenvalue weighted by Gasteiger charge is -2.18. The van der Waals surface area contributed by atoms with Crippen molar-refractivity contribution in [3.05, 3.63) is 46.0 Å². The van der Waals surface area contributed by atoms with Gasteiger partial charge in [-0.3, -0.25) is 10.1 Å². The Balaban J connectivity index is 2.96. The zero-order chi connectivity index (χ0) is 10.8. The summed E-state index contributed by atoms with van der Waals surface area (Å²) in [5.74, 6) is 0. The van der Waals surface area contributed by atoms with Gasteiger partial charge in [0.2, 0.25) is 0 Å². The Hall–Kier alpha value is 0.0600. The topological polar surface area (TPSA) is 43.1 Å². The number of halogens is 3. The number of nitrogens with zero attached hydrogens (tertiary/aromatic N) is 1. The standard InChI is InChI=1S/C8H6Br3NO2/c9-7(8(10,11)12(13)14)6-4-2-1-3-5-6/h1-5,7H. The summed E-state index contributed by atoms with van der Waals surface area (Å²) in [7, 11) is 0. The molecule has 0 N–H and O–H groups in total. The van der Waals surface area contributed by atoms with Crippen molar-refractivity contribution in [3.63, 3.8) is 0 Å². The Labute approximate surface area is 106 Å². The van der Waals surface area contributed by atoms with Gasteiger partial charge < -0.3 is 0 Å². The molecule has 1 atom stereocenters. The Bertz CT molecular complexity index is 329. The number of nitro groups is 1. The van der Waals surface area contributed by atoms with E-state index in [9.17, 15) is 10.1 Å². The van der Waals surface area contributed by atoms with Crippen LogP contribution in [0.15, 0.2) is 30.3 Å². The van der Waals surface area contributed by atoms with E-state index in [0.29, 0.717) is 0 Å². The van der Waals surface area contributed by atoms with Gasteiger partial charge in [-0.05, 0) is 5.56 Å². The molecule has 6 heteroatoms. The van der Waals surface area contributed by atoms with Gasteiger partial charge in [-0.15, -0.1) is 0 Å². The van der Waals surface area contributed by atoms with E-state index in [-0.39, 0.29) is 0 Å². The summed E-state index contributed by atoms with van der Waals surface area (Å²) in [4.78, 5) is 9.85. The highest BCUT2D eigenvalue weighted by Gasteiger charge is 2.45. The van der Waals surface area contributed by atoms with Crippen LogP contribution in [0.3, 0.4) is 0 Å². The maximum absolute atomic E-state index is 10.7. The summed E-state index contributed by atoms with van der Waals surface area (Å²) in [5.41, 5.74) is 0.831. The predicted octanol–water partition coefficient (Wildman–Crippen LogP) is 3.84. The monoisotopic (exact) mass is 385 g/mol. The lowest BCUT2D eigenvalue weighted by Crippen LogP contribution is -2.28. The van der Waals surface area contributed by atoms with Gasteiger partial charge >= 0.3 is 3.36 Å². The molecule has 1 unspecified atom stereocenters. The van der Waals surface area contributed by atoms with E-state index in [4.69, 9.17) is 0 Å². The fourth-order valence-corrected chi connectivity index (χ4v) is 1.92. The van der Waals surface area contributed by atoms with Crippen LogP contribution in [0.2, 0.25) is 0 Å². The van der Waals surface area contributed by atoms with E-state index in [0.717, 1.165) is 5.56 Å². The lowest BCUT2D eigenvalue weighted by atomic mass is 10.1. The van der Waals surface area contributed by atoms with E-state index in [1.807, 2.05) is 30.3 Å². The second kappa shape index (κ2) is 4.72. The summed E-state index contributed by atoms with van der Waals surface area (Å²) < 4.78 is -1.37. The zero-order valence-corrected chi connectivity index (χ0v) is 11.6. The number of hydrogen-bond acceptors (Lipinski definition) is 2. The van der Waals surface area contributed by atoms with Gasteiger partial charge in [-0.2, -0.15) is 0 Å². The molecule has 76 valence electrons. The summed E-state index contributed by atoms with van der Waals surface area (Å²) in [6.07, 6.45) is 0. The highest BCUT2D eigenvalue weighted by molar-refractivity contribution is 9.26. The molecular formula is C8H6Br3NO2. The maximum atomic E-state index is 10.7. The minimum atomic E-state index is -1.37. The van der Waals surface area contributed by atoms with Gasteiger partial charge in [-0.25, -0.2) is 0 Å². The van der Waals surface area contributed by atoms with Crippen LogP contribution in [0.1, 0.15) is 10.4 Å². The van der Waals surface area contributed by atoms with Gasteiger partial charge in [-0.1, -0.05) is 46.3 Å². The van der Waals surface area contributed by atoms with Gasteiger partial charge in [0.15, 0.2) is 0 Å². The van der Waals surface area contributed by atoms with Crippen molar-refractivity contribution < 1.29 is 4.92 Å². The van der Waals surface area contributed by atoms with E-state index in [1.54, 1.807) is 0 Å². The second-order valence-electron chi connectivity index (χ2n) is 2.62. The molecule has 0 aliphatic carbocycles. The Kier molecular flexibility index (Phi) is 4.09. The smallest absolute Gasteiger partial charge is 0.262 e. The first-order valence-electron chi connectivity index (χ1n) is 3.67. The van der Waals surface area contributed by atoms with Crippen molar-refractivity contribution in [1.29, 1.82) is 0 Å². The molecule has 3 nitrogen and oxygen atoms in total. The van der Waals surface area contributed by atoms with E-state index >= 15 is 0 Å². The van der Waals surface area contributed by atoms with Crippen LogP contribution in [0.5, 0.6) is 0 Å². The quantitative estimate of drug-likeness (QED) is 0.342. The minimum absolute atomic E-state index is 0.431. The van der Waals surface area contributed by atoms with Crippen LogP contribution in [0, 0.1) is 10.1 Å². The molecule has 1 rings (SSSR count). The highest BCUT2D eigenvalue weighted by Crippen LogP contribution is 2.45. The number of alkyl halides is 3. The molecule has 0 aliphatic rings. The molecule has 0 saturated heterocycles. The SMILES string of the molecule is O=[N+]([O-])C(Br)(Br)C(Br)c1ccccc1. The molecule has 0 amide bonds. The number of benzene rings is 1. The van der Waals surface area contributed by atoms with Gasteiger partial charge in [0.05, 0.1) is 4.92 Å². The largest absolute Gasteiger partial charge is 0.343 e. The first-order chi connectivity index (χ1) is 6.46. The lowest BCUT2D eigenvalue weighted by molar-refractivity contribution is -0.503. The Morgan fingerprint density at radius 1 is 1.29 bits per heavy atom. The molecule has 1 aromatic carbocycles. The van der Waals surface area contributed by atoms with Crippen molar-refractivity contribution in [1.82, 2.24) is 0 Å². The average molecular weight is 388 g/mol. The zero-order valence-electron chi connectivity index (χ0n) is 6.86. The number of hydrogen-bond donors (Lipinski definition) is 0. The van der Waals surface area contributed by atoms with Gasteiger partial charge in [0.1, 0.15) is 4.83 Å². The Morgan fingerprint density at radius 2 is 1.79 bits per heavy atom. The molecule has 0 radical (unpaired) electrons. The third-order valence-electron chi connectivity index (χ3n) is 1.64. The first kappa shape index (κ1) is 12.1. The van der Waals surface area contributed by atoms with Crippen LogP contribution >= 0.6 is 47.8 Å². The minimum Gasteiger partial charge on any atom is -0.262 e. The second-order valence-corrected chi connectivity index (χ2v) is 7.02. The molecule has 0 bridgehead atoms. The summed E-state index contributed by atoms with van der Waals surface area (Å²) in [6.45, 7) is 0. The fraction of sp³-hybridized carbons (Fsp3) is 0.250. The molecule has 0 saturated carbocycles. The van der Waals surface area contributed by atoms with Crippen molar-refractivity contribution in [2.45, 2.75) is 8.18 Å². The average Bonchev–Trinajstić information content (AvgIpc) is 2.17.